The third-order valence-electron chi connectivity index (χ3n) is 6.19. The summed E-state index contributed by atoms with van der Waals surface area (Å²) in [5.41, 5.74) is 6.42. The van der Waals surface area contributed by atoms with Crippen LogP contribution in [-0.2, 0) is 16.1 Å². The standard InChI is InChI=1S/C28H35F3N4O2/c1-28(2,3)25(34-27(36)24(37-4)13-11-20(32)15-29)26-33-23(21-14-19(30)10-12-22(21)31)17-35(26)16-18-8-6-5-7-9-18/h5-10,12,14,17,20,24-25H,11,13,15-16,32H2,1-4H3,(H,34,36)/t20-,24?,25-/m0/s1. The van der Waals surface area contributed by atoms with Crippen LogP contribution in [0.4, 0.5) is 13.2 Å². The lowest BCUT2D eigenvalue weighted by Gasteiger charge is -2.32. The monoisotopic (exact) mass is 516 g/mol. The fraction of sp³-hybridized carbons (Fsp3) is 0.429. The largest absolute Gasteiger partial charge is 0.372 e. The van der Waals surface area contributed by atoms with E-state index < -0.39 is 41.9 Å². The number of carbonyl (C=O) groups excluding carboxylic acids is 1. The van der Waals surface area contributed by atoms with Crippen molar-refractivity contribution in [3.05, 3.63) is 77.8 Å². The van der Waals surface area contributed by atoms with Gasteiger partial charge in [-0.25, -0.2) is 18.2 Å². The number of benzene rings is 2. The van der Waals surface area contributed by atoms with Gasteiger partial charge >= 0.3 is 0 Å². The number of nitrogens with one attached hydrogen (secondary N) is 1. The molecule has 3 rings (SSSR count). The van der Waals surface area contributed by atoms with E-state index in [1.807, 2.05) is 55.7 Å². The second-order valence-corrected chi connectivity index (χ2v) is 10.2. The van der Waals surface area contributed by atoms with Crippen LogP contribution >= 0.6 is 0 Å². The molecule has 0 fully saturated rings. The maximum Gasteiger partial charge on any atom is 0.249 e. The molecule has 0 aliphatic carbocycles. The highest BCUT2D eigenvalue weighted by Gasteiger charge is 2.34. The van der Waals surface area contributed by atoms with E-state index in [1.54, 1.807) is 6.20 Å². The van der Waals surface area contributed by atoms with Crippen LogP contribution < -0.4 is 11.1 Å². The molecule has 1 heterocycles. The van der Waals surface area contributed by atoms with Crippen molar-refractivity contribution >= 4 is 5.91 Å². The number of carbonyl (C=O) groups is 1. The molecule has 9 heteroatoms. The molecule has 6 nitrogen and oxygen atoms in total. The number of nitrogens with two attached hydrogens (primary N) is 1. The van der Waals surface area contributed by atoms with Gasteiger partial charge in [0.15, 0.2) is 0 Å². The van der Waals surface area contributed by atoms with Gasteiger partial charge < -0.3 is 20.4 Å². The van der Waals surface area contributed by atoms with Gasteiger partial charge in [0.1, 0.15) is 30.2 Å². The molecule has 1 amide bonds. The lowest BCUT2D eigenvalue weighted by atomic mass is 9.85. The molecule has 3 N–H and O–H groups in total. The van der Waals surface area contributed by atoms with Crippen LogP contribution in [0.3, 0.4) is 0 Å². The fourth-order valence-corrected chi connectivity index (χ4v) is 4.09. The number of hydrogen-bond acceptors (Lipinski definition) is 4. The molecule has 1 unspecified atom stereocenters. The first-order chi connectivity index (χ1) is 17.5. The van der Waals surface area contributed by atoms with Crippen LogP contribution in [-0.4, -0.2) is 41.4 Å². The second kappa shape index (κ2) is 12.4. The van der Waals surface area contributed by atoms with Crippen molar-refractivity contribution in [2.24, 2.45) is 11.1 Å². The maximum atomic E-state index is 14.7. The van der Waals surface area contributed by atoms with E-state index in [2.05, 4.69) is 5.32 Å². The number of aromatic nitrogens is 2. The highest BCUT2D eigenvalue weighted by atomic mass is 19.1. The van der Waals surface area contributed by atoms with Crippen LogP contribution in [0.25, 0.3) is 11.3 Å². The molecule has 2 aromatic carbocycles. The zero-order valence-electron chi connectivity index (χ0n) is 21.7. The average Bonchev–Trinajstić information content (AvgIpc) is 3.26. The summed E-state index contributed by atoms with van der Waals surface area (Å²) in [6.45, 7) is 5.56. The molecule has 200 valence electrons. The van der Waals surface area contributed by atoms with Crippen molar-refractivity contribution in [1.29, 1.82) is 0 Å². The van der Waals surface area contributed by atoms with Crippen LogP contribution in [0.5, 0.6) is 0 Å². The van der Waals surface area contributed by atoms with E-state index in [4.69, 9.17) is 15.5 Å². The molecule has 3 atom stereocenters. The first-order valence-corrected chi connectivity index (χ1v) is 12.2. The van der Waals surface area contributed by atoms with Gasteiger partial charge in [-0.2, -0.15) is 0 Å². The molecule has 0 aliphatic heterocycles. The van der Waals surface area contributed by atoms with Crippen LogP contribution in [0, 0.1) is 17.0 Å². The van der Waals surface area contributed by atoms with E-state index in [1.165, 1.54) is 7.11 Å². The number of methoxy groups -OCH3 is 1. The SMILES string of the molecule is COC(CC[C@H](N)CF)C(=O)N[C@@H](c1nc(-c2cc(F)ccc2F)cn1Cc1ccccc1)C(C)(C)C. The Balaban J connectivity index is 2.02. The van der Waals surface area contributed by atoms with Crippen LogP contribution in [0.15, 0.2) is 54.7 Å². The van der Waals surface area contributed by atoms with Crippen molar-refractivity contribution in [2.45, 2.75) is 58.3 Å². The summed E-state index contributed by atoms with van der Waals surface area (Å²) >= 11 is 0. The highest BCUT2D eigenvalue weighted by molar-refractivity contribution is 5.81. The Morgan fingerprint density at radius 2 is 1.84 bits per heavy atom. The molecule has 0 radical (unpaired) electrons. The first kappa shape index (κ1) is 28.4. The molecule has 0 saturated heterocycles. The molecule has 0 bridgehead atoms. The molecule has 37 heavy (non-hydrogen) atoms. The summed E-state index contributed by atoms with van der Waals surface area (Å²) in [5.74, 6) is -1.08. The predicted octanol–water partition coefficient (Wildman–Crippen LogP) is 5.17. The van der Waals surface area contributed by atoms with Gasteiger partial charge in [-0.15, -0.1) is 0 Å². The molecule has 0 aliphatic rings. The van der Waals surface area contributed by atoms with Crippen molar-refractivity contribution in [3.8, 4) is 11.3 Å². The smallest absolute Gasteiger partial charge is 0.249 e. The summed E-state index contributed by atoms with van der Waals surface area (Å²) in [6, 6.07) is 11.6. The minimum Gasteiger partial charge on any atom is -0.372 e. The Labute approximate surface area is 216 Å². The first-order valence-electron chi connectivity index (χ1n) is 12.2. The lowest BCUT2D eigenvalue weighted by Crippen LogP contribution is -2.44. The second-order valence-electron chi connectivity index (χ2n) is 10.2. The van der Waals surface area contributed by atoms with Gasteiger partial charge in [0.05, 0.1) is 11.7 Å². The Morgan fingerprint density at radius 1 is 1.14 bits per heavy atom. The number of nitrogens with zero attached hydrogens (tertiary/aromatic N) is 2. The Hall–Kier alpha value is -3.17. The van der Waals surface area contributed by atoms with Gasteiger partial charge in [-0.3, -0.25) is 4.79 Å². The summed E-state index contributed by atoms with van der Waals surface area (Å²) in [7, 11) is 1.42. The Morgan fingerprint density at radius 3 is 2.46 bits per heavy atom. The van der Waals surface area contributed by atoms with Crippen LogP contribution in [0.2, 0.25) is 0 Å². The van der Waals surface area contributed by atoms with E-state index in [0.29, 0.717) is 12.4 Å². The Kier molecular flexibility index (Phi) is 9.50. The van der Waals surface area contributed by atoms with Crippen molar-refractivity contribution in [3.63, 3.8) is 0 Å². The van der Waals surface area contributed by atoms with E-state index >= 15 is 0 Å². The van der Waals surface area contributed by atoms with Crippen LogP contribution in [0.1, 0.15) is 51.0 Å². The molecular weight excluding hydrogens is 481 g/mol. The van der Waals surface area contributed by atoms with Crippen molar-refractivity contribution < 1.29 is 22.7 Å². The number of halogens is 3. The third kappa shape index (κ3) is 7.42. The molecule has 1 aromatic heterocycles. The molecule has 0 saturated carbocycles. The average molecular weight is 517 g/mol. The highest BCUT2D eigenvalue weighted by Crippen LogP contribution is 2.35. The van der Waals surface area contributed by atoms with E-state index in [9.17, 15) is 18.0 Å². The third-order valence-corrected chi connectivity index (χ3v) is 6.19. The molecular formula is C28H35F3N4O2. The number of ether oxygens (including phenoxy) is 1. The van der Waals surface area contributed by atoms with Gasteiger partial charge in [0.2, 0.25) is 5.91 Å². The van der Waals surface area contributed by atoms with Gasteiger partial charge in [-0.05, 0) is 42.0 Å². The maximum absolute atomic E-state index is 14.7. The molecule has 0 spiro atoms. The zero-order chi connectivity index (χ0) is 27.2. The minimum atomic E-state index is -0.833. The lowest BCUT2D eigenvalue weighted by molar-refractivity contribution is -0.133. The van der Waals surface area contributed by atoms with Gasteiger partial charge in [-0.1, -0.05) is 51.1 Å². The number of alkyl halides is 1. The zero-order valence-corrected chi connectivity index (χ0v) is 21.7. The number of rotatable bonds is 11. The summed E-state index contributed by atoms with van der Waals surface area (Å²) in [5, 5.41) is 3.03. The molecule has 3 aromatic rings. The Bertz CT molecular complexity index is 1180. The summed E-state index contributed by atoms with van der Waals surface area (Å²) < 4.78 is 48.7. The van der Waals surface area contributed by atoms with Gasteiger partial charge in [0.25, 0.3) is 0 Å². The predicted molar refractivity (Wildman–Crippen MR) is 137 cm³/mol. The van der Waals surface area contributed by atoms with Crippen molar-refractivity contribution in [2.75, 3.05) is 13.8 Å². The van der Waals surface area contributed by atoms with E-state index in [0.717, 1.165) is 23.8 Å². The minimum absolute atomic E-state index is 0.0297. The van der Waals surface area contributed by atoms with Crippen molar-refractivity contribution in [1.82, 2.24) is 14.9 Å². The number of imidazole rings is 1. The normalized spacial score (nSPS) is 14.3. The number of hydrogen-bond donors (Lipinski definition) is 2. The summed E-state index contributed by atoms with van der Waals surface area (Å²) in [4.78, 5) is 17.9. The topological polar surface area (TPSA) is 82.2 Å². The van der Waals surface area contributed by atoms with Gasteiger partial charge in [0, 0.05) is 31.5 Å². The fourth-order valence-electron chi connectivity index (χ4n) is 4.09. The number of amides is 1. The summed E-state index contributed by atoms with van der Waals surface area (Å²) in [6.07, 6.45) is 1.37. The van der Waals surface area contributed by atoms with E-state index in [-0.39, 0.29) is 30.0 Å². The quantitative estimate of drug-likeness (QED) is 0.368.